The number of likely N-dealkylation sites (tertiary alicyclic amines) is 1. The van der Waals surface area contributed by atoms with E-state index in [1.165, 1.54) is 0 Å². The number of anilines is 1. The molecule has 0 radical (unpaired) electrons. The molecule has 0 bridgehead atoms. The average molecular weight is 605 g/mol. The molecule has 0 aromatic heterocycles. The van der Waals surface area contributed by atoms with Crippen LogP contribution in [0, 0.1) is 12.8 Å². The normalized spacial score (nSPS) is 20.1. The number of fused-ring (bicyclic) bond motifs is 1. The van der Waals surface area contributed by atoms with E-state index in [-0.39, 0.29) is 42.3 Å². The molecule has 2 fully saturated rings. The van der Waals surface area contributed by atoms with Gasteiger partial charge >= 0.3 is 6.09 Å². The number of hydrogen-bond acceptors (Lipinski definition) is 6. The maximum atomic E-state index is 14.2. The molecule has 1 aromatic rings. The number of amides is 4. The molecule has 1 aliphatic carbocycles. The number of aryl methyl sites for hydroxylation is 1. The molecule has 3 aliphatic rings. The van der Waals surface area contributed by atoms with E-state index in [1.807, 2.05) is 45.6 Å². The Morgan fingerprint density at radius 1 is 1.19 bits per heavy atom. The molecule has 42 heavy (non-hydrogen) atoms. The molecule has 2 atom stereocenters. The lowest BCUT2D eigenvalue weighted by atomic mass is 9.77. The van der Waals surface area contributed by atoms with Gasteiger partial charge in [0, 0.05) is 50.1 Å². The van der Waals surface area contributed by atoms with Gasteiger partial charge in [-0.15, -0.1) is 0 Å². The average Bonchev–Trinajstić information content (AvgIpc) is 2.92. The quantitative estimate of drug-likeness (QED) is 0.404. The second-order valence-corrected chi connectivity index (χ2v) is 12.7. The Bertz CT molecular complexity index is 1200. The van der Waals surface area contributed by atoms with Gasteiger partial charge in [0.2, 0.25) is 5.91 Å². The van der Waals surface area contributed by atoms with Crippen LogP contribution in [0.25, 0.3) is 0 Å². The van der Waals surface area contributed by atoms with E-state index in [9.17, 15) is 19.2 Å². The Hall–Kier alpha value is -3.01. The number of hydrogen-bond donors (Lipinski definition) is 1. The van der Waals surface area contributed by atoms with Crippen molar-refractivity contribution in [2.75, 3.05) is 31.1 Å². The minimum atomic E-state index is -0.874. The van der Waals surface area contributed by atoms with Gasteiger partial charge in [-0.2, -0.15) is 0 Å². The van der Waals surface area contributed by atoms with Crippen molar-refractivity contribution in [3.8, 4) is 5.75 Å². The zero-order chi connectivity index (χ0) is 30.8. The van der Waals surface area contributed by atoms with Crippen LogP contribution in [-0.2, 0) is 14.3 Å². The number of halogens is 1. The number of rotatable bonds is 9. The number of nitrogens with one attached hydrogen (secondary N) is 1. The van der Waals surface area contributed by atoms with Gasteiger partial charge in [-0.1, -0.05) is 32.4 Å². The number of nitrogens with zero attached hydrogens (tertiary/aromatic N) is 3. The first kappa shape index (κ1) is 31.9. The van der Waals surface area contributed by atoms with Gasteiger partial charge in [-0.25, -0.2) is 4.79 Å². The topological polar surface area (TPSA) is 108 Å². The van der Waals surface area contributed by atoms with Crippen LogP contribution in [0.2, 0.25) is 0 Å². The number of alkyl halides is 1. The van der Waals surface area contributed by atoms with Crippen LogP contribution in [0.3, 0.4) is 0 Å². The summed E-state index contributed by atoms with van der Waals surface area (Å²) in [6.07, 6.45) is 3.57. The molecule has 11 heteroatoms. The molecule has 1 unspecified atom stereocenters. The predicted molar refractivity (Wildman–Crippen MR) is 161 cm³/mol. The lowest BCUT2D eigenvalue weighted by Gasteiger charge is -2.47. The van der Waals surface area contributed by atoms with Gasteiger partial charge in [0.25, 0.3) is 11.8 Å². The van der Waals surface area contributed by atoms with Crippen molar-refractivity contribution in [3.05, 3.63) is 23.3 Å². The van der Waals surface area contributed by atoms with E-state index in [1.54, 1.807) is 22.8 Å². The van der Waals surface area contributed by atoms with Crippen molar-refractivity contribution in [3.63, 3.8) is 0 Å². The summed E-state index contributed by atoms with van der Waals surface area (Å²) in [4.78, 5) is 57.7. The number of ether oxygens (including phenoxy) is 2. The van der Waals surface area contributed by atoms with E-state index in [2.05, 4.69) is 5.32 Å². The fraction of sp³-hybridized carbons (Fsp3) is 0.677. The fourth-order valence-electron chi connectivity index (χ4n) is 5.89. The molecule has 4 rings (SSSR count). The molecule has 1 N–H and O–H groups in total. The van der Waals surface area contributed by atoms with Crippen LogP contribution in [0.15, 0.2) is 12.1 Å². The second kappa shape index (κ2) is 13.1. The molecule has 4 amide bonds. The van der Waals surface area contributed by atoms with E-state index in [4.69, 9.17) is 21.1 Å². The third-order valence-electron chi connectivity index (χ3n) is 8.48. The van der Waals surface area contributed by atoms with Crippen LogP contribution in [0.5, 0.6) is 5.75 Å². The summed E-state index contributed by atoms with van der Waals surface area (Å²) in [6.45, 7) is 12.8. The van der Waals surface area contributed by atoms with E-state index in [0.29, 0.717) is 55.9 Å². The maximum absolute atomic E-state index is 14.2. The molecule has 1 saturated heterocycles. The van der Waals surface area contributed by atoms with Crippen molar-refractivity contribution >= 4 is 41.1 Å². The number of carbonyl (C=O) groups excluding carboxylic acids is 4. The Morgan fingerprint density at radius 2 is 1.90 bits per heavy atom. The van der Waals surface area contributed by atoms with Gasteiger partial charge < -0.3 is 29.5 Å². The molecular formula is C31H45ClN4O6. The minimum Gasteiger partial charge on any atom is -0.475 e. The van der Waals surface area contributed by atoms with Crippen molar-refractivity contribution in [2.24, 2.45) is 5.92 Å². The highest BCUT2D eigenvalue weighted by atomic mass is 35.5. The molecular weight excluding hydrogens is 560 g/mol. The van der Waals surface area contributed by atoms with Crippen LogP contribution >= 0.6 is 11.6 Å². The van der Waals surface area contributed by atoms with E-state index >= 15 is 0 Å². The first-order valence-electron chi connectivity index (χ1n) is 15.2. The van der Waals surface area contributed by atoms with Gasteiger partial charge in [0.15, 0.2) is 11.2 Å². The fourth-order valence-corrected chi connectivity index (χ4v) is 5.96. The molecule has 232 valence electrons. The molecule has 1 aromatic carbocycles. The van der Waals surface area contributed by atoms with Crippen molar-refractivity contribution < 1.29 is 28.7 Å². The largest absolute Gasteiger partial charge is 0.475 e. The Kier molecular flexibility index (Phi) is 9.96. The first-order chi connectivity index (χ1) is 19.9. The SMILES string of the molecule is CCC(=O)NCCN1C(=O)C2(CCC2)Oc2cc(C)c(C(=O)N(C(C)C)[C@@H]3CCCN(C(=O)OC(Cl)C(C)C)C3)cc21. The molecule has 1 saturated carbocycles. The molecule has 2 aliphatic heterocycles. The Labute approximate surface area is 254 Å². The van der Waals surface area contributed by atoms with Crippen LogP contribution in [-0.4, -0.2) is 83.0 Å². The van der Waals surface area contributed by atoms with Crippen LogP contribution in [0.1, 0.15) is 89.1 Å². The Morgan fingerprint density at radius 3 is 2.50 bits per heavy atom. The van der Waals surface area contributed by atoms with Gasteiger partial charge in [0.05, 0.1) is 11.7 Å². The summed E-state index contributed by atoms with van der Waals surface area (Å²) in [7, 11) is 0. The number of carbonyl (C=O) groups is 4. The Balaban J connectivity index is 1.60. The van der Waals surface area contributed by atoms with E-state index < -0.39 is 17.3 Å². The summed E-state index contributed by atoms with van der Waals surface area (Å²) in [5.41, 5.74) is 0.173. The third kappa shape index (κ3) is 6.48. The maximum Gasteiger partial charge on any atom is 0.411 e. The summed E-state index contributed by atoms with van der Waals surface area (Å²) >= 11 is 6.20. The highest BCUT2D eigenvalue weighted by molar-refractivity contribution is 6.20. The zero-order valence-electron chi connectivity index (χ0n) is 25.7. The predicted octanol–water partition coefficient (Wildman–Crippen LogP) is 4.84. The van der Waals surface area contributed by atoms with E-state index in [0.717, 1.165) is 24.8 Å². The first-order valence-corrected chi connectivity index (χ1v) is 15.7. The zero-order valence-corrected chi connectivity index (χ0v) is 26.5. The number of piperidine rings is 1. The summed E-state index contributed by atoms with van der Waals surface area (Å²) < 4.78 is 11.7. The number of benzene rings is 1. The highest BCUT2D eigenvalue weighted by Crippen LogP contribution is 2.47. The lowest BCUT2D eigenvalue weighted by molar-refractivity contribution is -0.143. The summed E-state index contributed by atoms with van der Waals surface area (Å²) in [6, 6.07) is 3.26. The summed E-state index contributed by atoms with van der Waals surface area (Å²) in [5.74, 6) is 0.176. The highest BCUT2D eigenvalue weighted by Gasteiger charge is 2.52. The van der Waals surface area contributed by atoms with Crippen LogP contribution < -0.4 is 15.0 Å². The van der Waals surface area contributed by atoms with Gasteiger partial charge in [-0.3, -0.25) is 14.4 Å². The third-order valence-corrected chi connectivity index (χ3v) is 9.08. The standard InChI is InChI=1S/C31H45ClN4O6/c1-7-26(37)33-13-15-35-24-17-23(21(6)16-25(24)42-31(29(35)39)11-9-12-31)28(38)36(20(4)5)22-10-8-14-34(18-22)30(40)41-27(32)19(2)3/h16-17,19-20,22,27H,7-15,18H2,1-6H3,(H,33,37)/t22-,27?/m1/s1. The molecule has 1 spiro atoms. The smallest absolute Gasteiger partial charge is 0.411 e. The van der Waals surface area contributed by atoms with Crippen molar-refractivity contribution in [2.45, 2.75) is 103 Å². The minimum absolute atomic E-state index is 0.0190. The van der Waals surface area contributed by atoms with Gasteiger partial charge in [-0.05, 0) is 70.6 Å². The second-order valence-electron chi connectivity index (χ2n) is 12.3. The van der Waals surface area contributed by atoms with Crippen LogP contribution in [0.4, 0.5) is 10.5 Å². The van der Waals surface area contributed by atoms with Crippen molar-refractivity contribution in [1.82, 2.24) is 15.1 Å². The lowest BCUT2D eigenvalue weighted by Crippen LogP contribution is -2.61. The van der Waals surface area contributed by atoms with Crippen molar-refractivity contribution in [1.29, 1.82) is 0 Å². The molecule has 10 nitrogen and oxygen atoms in total. The molecule has 2 heterocycles. The monoisotopic (exact) mass is 604 g/mol. The van der Waals surface area contributed by atoms with Gasteiger partial charge in [0.1, 0.15) is 5.75 Å². The summed E-state index contributed by atoms with van der Waals surface area (Å²) in [5, 5.41) is 2.85.